The van der Waals surface area contributed by atoms with Gasteiger partial charge in [0.05, 0.1) is 23.7 Å². The van der Waals surface area contributed by atoms with Crippen molar-refractivity contribution in [3.05, 3.63) is 0 Å². The highest BCUT2D eigenvalue weighted by Crippen LogP contribution is 2.18. The fourth-order valence-electron chi connectivity index (χ4n) is 2.34. The van der Waals surface area contributed by atoms with Crippen LogP contribution < -0.4 is 5.73 Å². The molecule has 0 aromatic carbocycles. The second kappa shape index (κ2) is 4.60. The Labute approximate surface area is 96.9 Å². The van der Waals surface area contributed by atoms with Gasteiger partial charge in [0, 0.05) is 19.7 Å². The van der Waals surface area contributed by atoms with Crippen LogP contribution in [0.5, 0.6) is 0 Å². The molecule has 0 bridgehead atoms. The summed E-state index contributed by atoms with van der Waals surface area (Å²) in [6, 6.07) is 0. The molecule has 2 saturated heterocycles. The number of sulfone groups is 1. The maximum absolute atomic E-state index is 11.5. The molecule has 0 radical (unpaired) electrons. The van der Waals surface area contributed by atoms with Crippen molar-refractivity contribution in [2.24, 2.45) is 5.73 Å². The van der Waals surface area contributed by atoms with Gasteiger partial charge in [0.15, 0.2) is 9.84 Å². The van der Waals surface area contributed by atoms with Crippen molar-refractivity contribution in [1.82, 2.24) is 4.90 Å². The Morgan fingerprint density at radius 3 is 2.81 bits per heavy atom. The van der Waals surface area contributed by atoms with E-state index in [0.29, 0.717) is 18.9 Å². The molecule has 0 aromatic rings. The van der Waals surface area contributed by atoms with Crippen LogP contribution in [-0.2, 0) is 14.6 Å². The molecule has 2 N–H and O–H groups in total. The van der Waals surface area contributed by atoms with E-state index in [1.807, 2.05) is 0 Å². The van der Waals surface area contributed by atoms with Crippen LogP contribution >= 0.6 is 0 Å². The molecule has 2 heterocycles. The van der Waals surface area contributed by atoms with Crippen molar-refractivity contribution in [2.45, 2.75) is 18.4 Å². The topological polar surface area (TPSA) is 72.6 Å². The van der Waals surface area contributed by atoms with E-state index >= 15 is 0 Å². The second-order valence-electron chi connectivity index (χ2n) is 4.95. The van der Waals surface area contributed by atoms with E-state index in [2.05, 4.69) is 4.90 Å². The van der Waals surface area contributed by atoms with Crippen molar-refractivity contribution < 1.29 is 13.2 Å². The van der Waals surface area contributed by atoms with Gasteiger partial charge < -0.3 is 15.4 Å². The lowest BCUT2D eigenvalue weighted by atomic mass is 9.99. The Morgan fingerprint density at radius 2 is 2.12 bits per heavy atom. The summed E-state index contributed by atoms with van der Waals surface area (Å²) in [5.41, 5.74) is 5.92. The lowest BCUT2D eigenvalue weighted by Crippen LogP contribution is -2.51. The Morgan fingerprint density at radius 1 is 1.31 bits per heavy atom. The molecule has 94 valence electrons. The fourth-order valence-corrected chi connectivity index (χ4v) is 3.65. The maximum Gasteiger partial charge on any atom is 0.151 e. The molecule has 2 aliphatic rings. The monoisotopic (exact) mass is 248 g/mol. The van der Waals surface area contributed by atoms with Crippen molar-refractivity contribution in [1.29, 1.82) is 0 Å². The third-order valence-corrected chi connectivity index (χ3v) is 5.04. The lowest BCUT2D eigenvalue weighted by Gasteiger charge is -2.29. The largest absolute Gasteiger partial charge is 0.379 e. The minimum absolute atomic E-state index is 0.268. The van der Waals surface area contributed by atoms with Crippen molar-refractivity contribution in [3.63, 3.8) is 0 Å². The van der Waals surface area contributed by atoms with Crippen molar-refractivity contribution in [2.75, 3.05) is 44.4 Å². The molecule has 1 unspecified atom stereocenters. The summed E-state index contributed by atoms with van der Waals surface area (Å²) in [7, 11) is -2.82. The quantitative estimate of drug-likeness (QED) is 0.694. The van der Waals surface area contributed by atoms with Gasteiger partial charge in [0.2, 0.25) is 0 Å². The van der Waals surface area contributed by atoms with E-state index in [9.17, 15) is 8.42 Å². The van der Waals surface area contributed by atoms with Gasteiger partial charge >= 0.3 is 0 Å². The van der Waals surface area contributed by atoms with Gasteiger partial charge in [-0.05, 0) is 19.4 Å². The van der Waals surface area contributed by atoms with Gasteiger partial charge in [-0.15, -0.1) is 0 Å². The standard InChI is InChI=1S/C10H20N2O3S/c11-10(2-5-15-9-10)8-12-3-1-6-16(13,14)7-4-12/h1-9,11H2. The van der Waals surface area contributed by atoms with E-state index < -0.39 is 9.84 Å². The van der Waals surface area contributed by atoms with E-state index in [4.69, 9.17) is 10.5 Å². The highest BCUT2D eigenvalue weighted by molar-refractivity contribution is 7.91. The average molecular weight is 248 g/mol. The van der Waals surface area contributed by atoms with E-state index in [-0.39, 0.29) is 11.3 Å². The zero-order valence-electron chi connectivity index (χ0n) is 9.52. The Balaban J connectivity index is 1.91. The van der Waals surface area contributed by atoms with Crippen LogP contribution in [0.1, 0.15) is 12.8 Å². The summed E-state index contributed by atoms with van der Waals surface area (Å²) in [6.07, 6.45) is 1.59. The molecule has 16 heavy (non-hydrogen) atoms. The summed E-state index contributed by atoms with van der Waals surface area (Å²) >= 11 is 0. The van der Waals surface area contributed by atoms with Gasteiger partial charge in [0.25, 0.3) is 0 Å². The Kier molecular flexibility index (Phi) is 3.53. The third-order valence-electron chi connectivity index (χ3n) is 3.32. The minimum Gasteiger partial charge on any atom is -0.379 e. The van der Waals surface area contributed by atoms with Crippen LogP contribution in [0.15, 0.2) is 0 Å². The highest BCUT2D eigenvalue weighted by atomic mass is 32.2. The number of ether oxygens (including phenoxy) is 1. The fraction of sp³-hybridized carbons (Fsp3) is 1.00. The number of nitrogens with zero attached hydrogens (tertiary/aromatic N) is 1. The Bertz CT molecular complexity index is 336. The molecule has 0 aromatic heterocycles. The van der Waals surface area contributed by atoms with Crippen LogP contribution in [0.4, 0.5) is 0 Å². The van der Waals surface area contributed by atoms with Gasteiger partial charge in [-0.3, -0.25) is 0 Å². The van der Waals surface area contributed by atoms with E-state index in [0.717, 1.165) is 32.5 Å². The molecule has 5 nitrogen and oxygen atoms in total. The van der Waals surface area contributed by atoms with Gasteiger partial charge in [0.1, 0.15) is 0 Å². The first-order valence-corrected chi connectivity index (χ1v) is 7.61. The summed E-state index contributed by atoms with van der Waals surface area (Å²) in [5, 5.41) is 0. The van der Waals surface area contributed by atoms with Crippen molar-refractivity contribution >= 4 is 9.84 Å². The van der Waals surface area contributed by atoms with Crippen LogP contribution in [0, 0.1) is 0 Å². The Hall–Kier alpha value is -0.170. The smallest absolute Gasteiger partial charge is 0.151 e. The zero-order chi connectivity index (χ0) is 11.6. The molecule has 1 atom stereocenters. The molecule has 2 fully saturated rings. The summed E-state index contributed by atoms with van der Waals surface area (Å²) in [6.45, 7) is 3.51. The summed E-state index contributed by atoms with van der Waals surface area (Å²) < 4.78 is 28.2. The van der Waals surface area contributed by atoms with E-state index in [1.54, 1.807) is 0 Å². The molecule has 0 amide bonds. The number of hydrogen-bond donors (Lipinski definition) is 1. The van der Waals surface area contributed by atoms with Gasteiger partial charge in [-0.2, -0.15) is 0 Å². The van der Waals surface area contributed by atoms with Crippen LogP contribution in [0.3, 0.4) is 0 Å². The highest BCUT2D eigenvalue weighted by Gasteiger charge is 2.33. The first-order valence-electron chi connectivity index (χ1n) is 5.79. The van der Waals surface area contributed by atoms with Crippen LogP contribution in [-0.4, -0.2) is 63.2 Å². The average Bonchev–Trinajstić information content (AvgIpc) is 2.54. The van der Waals surface area contributed by atoms with Crippen molar-refractivity contribution in [3.8, 4) is 0 Å². The third kappa shape index (κ3) is 3.16. The second-order valence-corrected chi connectivity index (χ2v) is 7.25. The molecule has 2 rings (SSSR count). The van der Waals surface area contributed by atoms with Crippen LogP contribution in [0.25, 0.3) is 0 Å². The summed E-state index contributed by atoms with van der Waals surface area (Å²) in [4.78, 5) is 2.17. The first-order chi connectivity index (χ1) is 7.49. The minimum atomic E-state index is -2.82. The van der Waals surface area contributed by atoms with Gasteiger partial charge in [-0.25, -0.2) is 8.42 Å². The molecule has 0 saturated carbocycles. The molecule has 2 aliphatic heterocycles. The molecular formula is C10H20N2O3S. The molecule has 0 aliphatic carbocycles. The molecule has 0 spiro atoms. The predicted molar refractivity (Wildman–Crippen MR) is 62.1 cm³/mol. The number of hydrogen-bond acceptors (Lipinski definition) is 5. The number of nitrogens with two attached hydrogens (primary N) is 1. The predicted octanol–water partition coefficient (Wildman–Crippen LogP) is -0.775. The summed E-state index contributed by atoms with van der Waals surface area (Å²) in [5.74, 6) is 0.585. The normalized spacial score (nSPS) is 36.1. The molecule has 6 heteroatoms. The maximum atomic E-state index is 11.5. The van der Waals surface area contributed by atoms with Crippen LogP contribution in [0.2, 0.25) is 0 Å². The SMILES string of the molecule is NC1(CN2CCCS(=O)(=O)CC2)CCOC1. The lowest BCUT2D eigenvalue weighted by molar-refractivity contribution is 0.155. The zero-order valence-corrected chi connectivity index (χ0v) is 10.3. The number of rotatable bonds is 2. The van der Waals surface area contributed by atoms with E-state index in [1.165, 1.54) is 0 Å². The first kappa shape index (κ1) is 12.3. The van der Waals surface area contributed by atoms with Gasteiger partial charge in [-0.1, -0.05) is 0 Å². The molecular weight excluding hydrogens is 228 g/mol.